The van der Waals surface area contributed by atoms with Crippen LogP contribution in [0.15, 0.2) is 38.4 Å². The normalized spacial score (nSPS) is 10.2. The number of nitriles is 1. The van der Waals surface area contributed by atoms with E-state index in [9.17, 15) is 0 Å². The van der Waals surface area contributed by atoms with Crippen molar-refractivity contribution in [3.8, 4) is 17.5 Å². The van der Waals surface area contributed by atoms with Gasteiger partial charge in [-0.25, -0.2) is 0 Å². The molecule has 4 nitrogen and oxygen atoms in total. The Balaban J connectivity index is 2.00. The van der Waals surface area contributed by atoms with Crippen LogP contribution >= 0.6 is 27.7 Å². The zero-order chi connectivity index (χ0) is 12.8. The molecule has 1 aromatic heterocycles. The number of thioether (sulfide) groups is 1. The van der Waals surface area contributed by atoms with Gasteiger partial charge < -0.3 is 4.42 Å². The molecule has 1 heterocycles. The monoisotopic (exact) mass is 323 g/mol. The standard InChI is InChI=1S/C12H10BrN3OS/c13-10-5-3-4-9(8-10)11-15-16-12(17-11)18-7-2-1-6-14/h3-5,8H,1-2,7H2. The van der Waals surface area contributed by atoms with Gasteiger partial charge in [0.05, 0.1) is 6.07 Å². The molecule has 2 aromatic rings. The van der Waals surface area contributed by atoms with E-state index in [4.69, 9.17) is 9.68 Å². The van der Waals surface area contributed by atoms with Crippen LogP contribution in [-0.2, 0) is 0 Å². The van der Waals surface area contributed by atoms with E-state index in [1.165, 1.54) is 11.8 Å². The predicted octanol–water partition coefficient (Wildman–Crippen LogP) is 3.89. The Morgan fingerprint density at radius 1 is 1.39 bits per heavy atom. The highest BCUT2D eigenvalue weighted by atomic mass is 79.9. The van der Waals surface area contributed by atoms with Gasteiger partial charge in [-0.3, -0.25) is 0 Å². The van der Waals surface area contributed by atoms with Gasteiger partial charge >= 0.3 is 0 Å². The van der Waals surface area contributed by atoms with E-state index in [1.54, 1.807) is 0 Å². The Kier molecular flexibility index (Phi) is 4.79. The minimum absolute atomic E-state index is 0.513. The number of halogens is 1. The highest BCUT2D eigenvalue weighted by Crippen LogP contribution is 2.25. The second kappa shape index (κ2) is 6.57. The van der Waals surface area contributed by atoms with Crippen LogP contribution in [-0.4, -0.2) is 16.0 Å². The summed E-state index contributed by atoms with van der Waals surface area (Å²) in [5.41, 5.74) is 0.890. The van der Waals surface area contributed by atoms with Crippen LogP contribution in [0.1, 0.15) is 12.8 Å². The van der Waals surface area contributed by atoms with Crippen LogP contribution < -0.4 is 0 Å². The minimum atomic E-state index is 0.513. The molecule has 0 atom stereocenters. The van der Waals surface area contributed by atoms with Crippen LogP contribution in [0.4, 0.5) is 0 Å². The zero-order valence-corrected chi connectivity index (χ0v) is 11.9. The Morgan fingerprint density at radius 3 is 3.06 bits per heavy atom. The van der Waals surface area contributed by atoms with Crippen LogP contribution in [0.2, 0.25) is 0 Å². The molecule has 0 bridgehead atoms. The molecular formula is C12H10BrN3OS. The summed E-state index contributed by atoms with van der Waals surface area (Å²) in [6, 6.07) is 9.82. The minimum Gasteiger partial charge on any atom is -0.411 e. The Hall–Kier alpha value is -1.32. The lowest BCUT2D eigenvalue weighted by molar-refractivity contribution is 0.466. The fraction of sp³-hybridized carbons (Fsp3) is 0.250. The molecule has 0 aliphatic heterocycles. The van der Waals surface area contributed by atoms with Crippen molar-refractivity contribution in [1.29, 1.82) is 5.26 Å². The molecule has 0 radical (unpaired) electrons. The van der Waals surface area contributed by atoms with Crippen molar-refractivity contribution in [2.24, 2.45) is 0 Å². The van der Waals surface area contributed by atoms with Crippen LogP contribution in [0.25, 0.3) is 11.5 Å². The summed E-state index contributed by atoms with van der Waals surface area (Å²) >= 11 is 4.88. The van der Waals surface area contributed by atoms with Crippen molar-refractivity contribution in [3.63, 3.8) is 0 Å². The first-order chi connectivity index (χ1) is 8.79. The van der Waals surface area contributed by atoms with E-state index >= 15 is 0 Å². The molecule has 6 heteroatoms. The summed E-state index contributed by atoms with van der Waals surface area (Å²) in [5.74, 6) is 1.33. The molecule has 92 valence electrons. The highest BCUT2D eigenvalue weighted by Gasteiger charge is 2.08. The molecule has 0 saturated carbocycles. The lowest BCUT2D eigenvalue weighted by atomic mass is 10.2. The lowest BCUT2D eigenvalue weighted by Gasteiger charge is -1.95. The third-order valence-corrected chi connectivity index (χ3v) is 3.53. The molecule has 0 amide bonds. The molecule has 0 unspecified atom stereocenters. The fourth-order valence-electron chi connectivity index (χ4n) is 1.32. The van der Waals surface area contributed by atoms with Gasteiger partial charge in [-0.1, -0.05) is 33.8 Å². The Morgan fingerprint density at radius 2 is 2.28 bits per heavy atom. The SMILES string of the molecule is N#CCCCSc1nnc(-c2cccc(Br)c2)o1. The van der Waals surface area contributed by atoms with Gasteiger partial charge in [0.25, 0.3) is 5.22 Å². The molecule has 0 N–H and O–H groups in total. The number of nitrogens with zero attached hydrogens (tertiary/aromatic N) is 3. The van der Waals surface area contributed by atoms with Crippen molar-refractivity contribution >= 4 is 27.7 Å². The van der Waals surface area contributed by atoms with E-state index in [-0.39, 0.29) is 0 Å². The summed E-state index contributed by atoms with van der Waals surface area (Å²) in [7, 11) is 0. The van der Waals surface area contributed by atoms with Gasteiger partial charge in [-0.2, -0.15) is 5.26 Å². The Labute approximate surface area is 118 Å². The summed E-state index contributed by atoms with van der Waals surface area (Å²) in [6.07, 6.45) is 1.38. The third kappa shape index (κ3) is 3.59. The lowest BCUT2D eigenvalue weighted by Crippen LogP contribution is -1.78. The second-order valence-electron chi connectivity index (χ2n) is 3.49. The average molecular weight is 324 g/mol. The molecule has 0 aliphatic carbocycles. The third-order valence-electron chi connectivity index (χ3n) is 2.14. The summed E-state index contributed by atoms with van der Waals surface area (Å²) < 4.78 is 6.52. The maximum Gasteiger partial charge on any atom is 0.276 e. The van der Waals surface area contributed by atoms with Crippen LogP contribution in [0, 0.1) is 11.3 Å². The van der Waals surface area contributed by atoms with Crippen molar-refractivity contribution in [3.05, 3.63) is 28.7 Å². The van der Waals surface area contributed by atoms with Gasteiger partial charge in [0, 0.05) is 22.2 Å². The second-order valence-corrected chi connectivity index (χ2v) is 5.46. The van der Waals surface area contributed by atoms with E-state index < -0.39 is 0 Å². The quantitative estimate of drug-likeness (QED) is 0.617. The largest absolute Gasteiger partial charge is 0.411 e. The molecule has 2 rings (SSSR count). The predicted molar refractivity (Wildman–Crippen MR) is 73.0 cm³/mol. The van der Waals surface area contributed by atoms with Crippen molar-refractivity contribution < 1.29 is 4.42 Å². The van der Waals surface area contributed by atoms with E-state index in [2.05, 4.69) is 32.2 Å². The summed E-state index contributed by atoms with van der Waals surface area (Å²) in [4.78, 5) is 0. The smallest absolute Gasteiger partial charge is 0.276 e. The number of aromatic nitrogens is 2. The van der Waals surface area contributed by atoms with Gasteiger partial charge in [0.1, 0.15) is 0 Å². The Bertz CT molecular complexity index is 564. The maximum atomic E-state index is 8.43. The van der Waals surface area contributed by atoms with E-state index in [1.807, 2.05) is 24.3 Å². The van der Waals surface area contributed by atoms with Crippen molar-refractivity contribution in [2.45, 2.75) is 18.1 Å². The number of hydrogen-bond acceptors (Lipinski definition) is 5. The molecule has 0 aliphatic rings. The number of rotatable bonds is 5. The van der Waals surface area contributed by atoms with E-state index in [0.29, 0.717) is 17.5 Å². The van der Waals surface area contributed by atoms with Crippen LogP contribution in [0.3, 0.4) is 0 Å². The molecule has 1 aromatic carbocycles. The van der Waals surface area contributed by atoms with Crippen molar-refractivity contribution in [2.75, 3.05) is 5.75 Å². The van der Waals surface area contributed by atoms with Crippen LogP contribution in [0.5, 0.6) is 0 Å². The summed E-state index contributed by atoms with van der Waals surface area (Å²) in [5, 5.41) is 16.9. The fourth-order valence-corrected chi connectivity index (χ4v) is 2.42. The maximum absolute atomic E-state index is 8.43. The first-order valence-electron chi connectivity index (χ1n) is 5.39. The molecule has 0 spiro atoms. The van der Waals surface area contributed by atoms with Gasteiger partial charge in [0.2, 0.25) is 5.89 Å². The first kappa shape index (κ1) is 13.1. The zero-order valence-electron chi connectivity index (χ0n) is 9.47. The highest BCUT2D eigenvalue weighted by molar-refractivity contribution is 9.10. The first-order valence-corrected chi connectivity index (χ1v) is 7.16. The van der Waals surface area contributed by atoms with Gasteiger partial charge in [-0.05, 0) is 24.6 Å². The van der Waals surface area contributed by atoms with Gasteiger partial charge in [0.15, 0.2) is 0 Å². The number of benzene rings is 1. The van der Waals surface area contributed by atoms with Gasteiger partial charge in [-0.15, -0.1) is 10.2 Å². The number of hydrogen-bond donors (Lipinski definition) is 0. The topological polar surface area (TPSA) is 62.7 Å². The van der Waals surface area contributed by atoms with Crippen molar-refractivity contribution in [1.82, 2.24) is 10.2 Å². The summed E-state index contributed by atoms with van der Waals surface area (Å²) in [6.45, 7) is 0. The number of unbranched alkanes of at least 4 members (excludes halogenated alkanes) is 1. The molecule has 0 saturated heterocycles. The average Bonchev–Trinajstić information content (AvgIpc) is 2.83. The molecule has 0 fully saturated rings. The molecule has 18 heavy (non-hydrogen) atoms. The molecular weight excluding hydrogens is 314 g/mol. The van der Waals surface area contributed by atoms with E-state index in [0.717, 1.165) is 22.2 Å².